The number of ether oxygens (including phenoxy) is 2. The van der Waals surface area contributed by atoms with Crippen molar-refractivity contribution >= 4 is 5.96 Å². The van der Waals surface area contributed by atoms with Crippen LogP contribution in [0.1, 0.15) is 24.0 Å². The van der Waals surface area contributed by atoms with E-state index in [4.69, 9.17) is 9.47 Å². The Morgan fingerprint density at radius 3 is 2.62 bits per heavy atom. The first-order chi connectivity index (χ1) is 12.8. The molecule has 1 aliphatic carbocycles. The summed E-state index contributed by atoms with van der Waals surface area (Å²) in [7, 11) is 1.82. The molecule has 0 bridgehead atoms. The van der Waals surface area contributed by atoms with Crippen LogP contribution in [-0.4, -0.2) is 32.9 Å². The van der Waals surface area contributed by atoms with E-state index in [-0.39, 0.29) is 5.41 Å². The summed E-state index contributed by atoms with van der Waals surface area (Å²) in [6, 6.07) is 16.8. The Bertz CT molecular complexity index is 785. The van der Waals surface area contributed by atoms with Crippen LogP contribution in [0.2, 0.25) is 0 Å². The maximum absolute atomic E-state index is 5.53. The van der Waals surface area contributed by atoms with Crippen LogP contribution in [0, 0.1) is 0 Å². The van der Waals surface area contributed by atoms with Crippen LogP contribution < -0.4 is 20.1 Å². The molecule has 0 radical (unpaired) electrons. The predicted molar refractivity (Wildman–Crippen MR) is 103 cm³/mol. The highest BCUT2D eigenvalue weighted by Gasteiger charge is 2.44. The van der Waals surface area contributed by atoms with Gasteiger partial charge in [0, 0.05) is 25.6 Å². The fraction of sp³-hybridized carbons (Fsp3) is 0.381. The van der Waals surface area contributed by atoms with E-state index < -0.39 is 0 Å². The van der Waals surface area contributed by atoms with Gasteiger partial charge in [-0.2, -0.15) is 0 Å². The van der Waals surface area contributed by atoms with Crippen LogP contribution in [0.5, 0.6) is 11.5 Å². The molecule has 0 atom stereocenters. The topological polar surface area (TPSA) is 54.9 Å². The molecule has 0 saturated heterocycles. The zero-order valence-corrected chi connectivity index (χ0v) is 15.1. The van der Waals surface area contributed by atoms with Gasteiger partial charge in [-0.1, -0.05) is 36.4 Å². The molecule has 5 heteroatoms. The molecule has 5 nitrogen and oxygen atoms in total. The van der Waals surface area contributed by atoms with Gasteiger partial charge in [-0.3, -0.25) is 4.99 Å². The number of rotatable bonds is 6. The number of nitrogens with one attached hydrogen (secondary N) is 2. The monoisotopic (exact) mass is 351 g/mol. The summed E-state index contributed by atoms with van der Waals surface area (Å²) in [4.78, 5) is 4.35. The van der Waals surface area contributed by atoms with Crippen LogP contribution in [-0.2, 0) is 11.8 Å². The van der Waals surface area contributed by atoms with E-state index >= 15 is 0 Å². The Morgan fingerprint density at radius 1 is 1.04 bits per heavy atom. The van der Waals surface area contributed by atoms with Crippen molar-refractivity contribution in [1.82, 2.24) is 10.6 Å². The highest BCUT2D eigenvalue weighted by molar-refractivity contribution is 5.79. The largest absolute Gasteiger partial charge is 0.454 e. The Labute approximate surface area is 154 Å². The molecule has 2 aliphatic rings. The number of aliphatic imine (C=N–C) groups is 1. The van der Waals surface area contributed by atoms with E-state index in [0.717, 1.165) is 37.0 Å². The molecule has 26 heavy (non-hydrogen) atoms. The van der Waals surface area contributed by atoms with Gasteiger partial charge in [0.25, 0.3) is 0 Å². The third-order valence-corrected chi connectivity index (χ3v) is 5.21. The van der Waals surface area contributed by atoms with Gasteiger partial charge in [-0.15, -0.1) is 0 Å². The van der Waals surface area contributed by atoms with Gasteiger partial charge < -0.3 is 20.1 Å². The van der Waals surface area contributed by atoms with Crippen LogP contribution in [0.4, 0.5) is 0 Å². The molecule has 2 aromatic rings. The molecular formula is C21H25N3O2. The standard InChI is InChI=1S/C21H25N3O2/c1-22-20(23-12-9-16-5-3-2-4-6-16)24-14-21(10-11-21)17-7-8-18-19(13-17)26-15-25-18/h2-8,13H,9-12,14-15H2,1H3,(H2,22,23,24). The van der Waals surface area contributed by atoms with Crippen molar-refractivity contribution in [1.29, 1.82) is 0 Å². The lowest BCUT2D eigenvalue weighted by molar-refractivity contribution is 0.174. The first-order valence-electron chi connectivity index (χ1n) is 9.18. The van der Waals surface area contributed by atoms with Gasteiger partial charge in [0.1, 0.15) is 0 Å². The first kappa shape index (κ1) is 16.8. The molecule has 0 aromatic heterocycles. The van der Waals surface area contributed by atoms with Gasteiger partial charge in [0.2, 0.25) is 6.79 Å². The lowest BCUT2D eigenvalue weighted by atomic mass is 9.95. The van der Waals surface area contributed by atoms with Crippen LogP contribution >= 0.6 is 0 Å². The molecule has 1 saturated carbocycles. The molecule has 1 fully saturated rings. The summed E-state index contributed by atoms with van der Waals surface area (Å²) in [6.07, 6.45) is 3.34. The lowest BCUT2D eigenvalue weighted by Gasteiger charge is -2.19. The second kappa shape index (κ2) is 7.28. The average Bonchev–Trinajstić information content (AvgIpc) is 3.33. The van der Waals surface area contributed by atoms with E-state index in [1.165, 1.54) is 24.0 Å². The Balaban J connectivity index is 1.31. The second-order valence-corrected chi connectivity index (χ2v) is 6.94. The average molecular weight is 351 g/mol. The van der Waals surface area contributed by atoms with Gasteiger partial charge >= 0.3 is 0 Å². The molecule has 4 rings (SSSR count). The fourth-order valence-corrected chi connectivity index (χ4v) is 3.39. The van der Waals surface area contributed by atoms with E-state index in [1.807, 2.05) is 19.2 Å². The molecule has 0 spiro atoms. The molecular weight excluding hydrogens is 326 g/mol. The Kier molecular flexibility index (Phi) is 4.69. The normalized spacial score (nSPS) is 17.0. The maximum atomic E-state index is 5.53. The number of hydrogen-bond donors (Lipinski definition) is 2. The van der Waals surface area contributed by atoms with E-state index in [0.29, 0.717) is 6.79 Å². The Morgan fingerprint density at radius 2 is 1.85 bits per heavy atom. The number of hydrogen-bond acceptors (Lipinski definition) is 3. The third-order valence-electron chi connectivity index (χ3n) is 5.21. The van der Waals surface area contributed by atoms with Gasteiger partial charge in [0.15, 0.2) is 17.5 Å². The quantitative estimate of drug-likeness (QED) is 0.621. The summed E-state index contributed by atoms with van der Waals surface area (Å²) >= 11 is 0. The lowest BCUT2D eigenvalue weighted by Crippen LogP contribution is -2.41. The van der Waals surface area contributed by atoms with Crippen molar-refractivity contribution < 1.29 is 9.47 Å². The second-order valence-electron chi connectivity index (χ2n) is 6.94. The molecule has 1 heterocycles. The SMILES string of the molecule is CN=C(NCCc1ccccc1)NCC1(c2ccc3c(c2)OCO3)CC1. The smallest absolute Gasteiger partial charge is 0.231 e. The first-order valence-corrected chi connectivity index (χ1v) is 9.18. The summed E-state index contributed by atoms with van der Waals surface area (Å²) < 4.78 is 10.9. The van der Waals surface area contributed by atoms with Crippen molar-refractivity contribution in [2.24, 2.45) is 4.99 Å². The Hall–Kier alpha value is -2.69. The molecule has 2 N–H and O–H groups in total. The minimum Gasteiger partial charge on any atom is -0.454 e. The summed E-state index contributed by atoms with van der Waals surface area (Å²) in [6.45, 7) is 2.06. The maximum Gasteiger partial charge on any atom is 0.231 e. The molecule has 0 amide bonds. The van der Waals surface area contributed by atoms with Crippen LogP contribution in [0.25, 0.3) is 0 Å². The zero-order valence-electron chi connectivity index (χ0n) is 15.1. The van der Waals surface area contributed by atoms with Crippen molar-refractivity contribution in [2.75, 3.05) is 26.9 Å². The molecule has 1 aliphatic heterocycles. The number of benzene rings is 2. The van der Waals surface area contributed by atoms with E-state index in [1.54, 1.807) is 0 Å². The minimum atomic E-state index is 0.179. The fourth-order valence-electron chi connectivity index (χ4n) is 3.39. The molecule has 2 aromatic carbocycles. The van der Waals surface area contributed by atoms with E-state index in [2.05, 4.69) is 52.0 Å². The van der Waals surface area contributed by atoms with Crippen molar-refractivity contribution in [3.8, 4) is 11.5 Å². The highest BCUT2D eigenvalue weighted by Crippen LogP contribution is 2.49. The molecule has 0 unspecified atom stereocenters. The summed E-state index contributed by atoms with van der Waals surface area (Å²) in [5.41, 5.74) is 2.82. The van der Waals surface area contributed by atoms with Crippen molar-refractivity contribution in [3.05, 3.63) is 59.7 Å². The van der Waals surface area contributed by atoms with E-state index in [9.17, 15) is 0 Å². The van der Waals surface area contributed by atoms with Crippen molar-refractivity contribution in [2.45, 2.75) is 24.7 Å². The van der Waals surface area contributed by atoms with Gasteiger partial charge in [-0.25, -0.2) is 0 Å². The van der Waals surface area contributed by atoms with Crippen LogP contribution in [0.3, 0.4) is 0 Å². The number of fused-ring (bicyclic) bond motifs is 1. The summed E-state index contributed by atoms with van der Waals surface area (Å²) in [5, 5.41) is 6.90. The van der Waals surface area contributed by atoms with Crippen LogP contribution in [0.15, 0.2) is 53.5 Å². The summed E-state index contributed by atoms with van der Waals surface area (Å²) in [5.74, 6) is 2.56. The number of guanidine groups is 1. The third kappa shape index (κ3) is 3.62. The molecule has 136 valence electrons. The number of nitrogens with zero attached hydrogens (tertiary/aromatic N) is 1. The van der Waals surface area contributed by atoms with Gasteiger partial charge in [0.05, 0.1) is 0 Å². The predicted octanol–water partition coefficient (Wildman–Crippen LogP) is 2.85. The minimum absolute atomic E-state index is 0.179. The zero-order chi connectivity index (χ0) is 17.8. The van der Waals surface area contributed by atoms with Crippen molar-refractivity contribution in [3.63, 3.8) is 0 Å². The van der Waals surface area contributed by atoms with Gasteiger partial charge in [-0.05, 0) is 42.5 Å². The highest BCUT2D eigenvalue weighted by atomic mass is 16.7.